The van der Waals surface area contributed by atoms with Gasteiger partial charge in [-0.25, -0.2) is 8.78 Å². The zero-order valence-electron chi connectivity index (χ0n) is 34.3. The number of piperidine rings is 2. The van der Waals surface area contributed by atoms with Crippen molar-refractivity contribution in [1.82, 2.24) is 20.0 Å². The van der Waals surface area contributed by atoms with Crippen LogP contribution in [-0.4, -0.2) is 87.1 Å². The van der Waals surface area contributed by atoms with Crippen molar-refractivity contribution in [2.45, 2.75) is 89.8 Å². The van der Waals surface area contributed by atoms with E-state index in [4.69, 9.17) is 4.74 Å². The number of hydrogen-bond acceptors (Lipinski definition) is 7. The minimum atomic E-state index is -2.83. The van der Waals surface area contributed by atoms with Gasteiger partial charge in [0.2, 0.25) is 0 Å². The Morgan fingerprint density at radius 1 is 1.07 bits per heavy atom. The molecule has 0 aliphatic carbocycles. The van der Waals surface area contributed by atoms with Gasteiger partial charge in [-0.15, -0.1) is 6.58 Å². The van der Waals surface area contributed by atoms with E-state index in [1.807, 2.05) is 25.1 Å². The first-order chi connectivity index (χ1) is 26.3. The molecule has 55 heavy (non-hydrogen) atoms. The van der Waals surface area contributed by atoms with Gasteiger partial charge in [0.25, 0.3) is 5.92 Å². The number of alkyl halides is 2. The molecule has 2 fully saturated rings. The lowest BCUT2D eigenvalue weighted by atomic mass is 9.86. The maximum atomic E-state index is 16.2. The number of halogens is 2. The molecule has 6 rings (SSSR count). The van der Waals surface area contributed by atoms with Crippen molar-refractivity contribution in [3.63, 3.8) is 0 Å². The SMILES string of the molecule is C=CCCC(C(=C)NC)N1C(=C)N(C)c2c(C3CCN(C4CCN(Cc5c(CC)cc(C6=CN(C)C(=C)C(C)=C6C)cc5OC)CC4(F)F)CC3)cccc21. The Morgan fingerprint density at radius 2 is 1.80 bits per heavy atom. The molecule has 4 aliphatic heterocycles. The number of fused-ring (bicyclic) bond motifs is 1. The van der Waals surface area contributed by atoms with Crippen molar-refractivity contribution < 1.29 is 13.5 Å². The van der Waals surface area contributed by atoms with Gasteiger partial charge in [-0.2, -0.15) is 0 Å². The van der Waals surface area contributed by atoms with Crippen LogP contribution in [0.1, 0.15) is 81.0 Å². The van der Waals surface area contributed by atoms with Gasteiger partial charge < -0.3 is 24.8 Å². The standard InChI is InChI=1S/C46H62F2N6O/c1-12-14-17-41(32(5)49-8)54-34(7)51(10)45-38(16-15-18-42(45)54)36-19-23-53(24-20-36)44-21-22-52(29-46(44,47)48)28-40-35(13-2)25-37(26-43(40)55-11)39-27-50(9)33(6)30(3)31(39)4/h12,15-16,18,25-27,36,41,44,49H,1,5-7,13-14,17,19-24,28-29H2,2-4,8-11H3. The average Bonchev–Trinajstić information content (AvgIpc) is 3.43. The fourth-order valence-corrected chi connectivity index (χ4v) is 9.32. The number of allylic oxidation sites excluding steroid dienone is 4. The number of para-hydroxylation sites is 1. The van der Waals surface area contributed by atoms with Crippen LogP contribution in [0.5, 0.6) is 5.75 Å². The molecule has 4 aliphatic rings. The average molecular weight is 753 g/mol. The highest BCUT2D eigenvalue weighted by Gasteiger charge is 2.48. The first kappa shape index (κ1) is 40.3. The van der Waals surface area contributed by atoms with E-state index in [2.05, 4.69) is 116 Å². The summed E-state index contributed by atoms with van der Waals surface area (Å²) in [7, 11) is 7.69. The van der Waals surface area contributed by atoms with E-state index in [0.717, 1.165) is 88.6 Å². The third-order valence-corrected chi connectivity index (χ3v) is 12.8. The van der Waals surface area contributed by atoms with Crippen molar-refractivity contribution in [2.75, 3.05) is 64.2 Å². The number of nitrogens with zero attached hydrogens (tertiary/aromatic N) is 5. The number of rotatable bonds is 13. The highest BCUT2D eigenvalue weighted by atomic mass is 19.3. The molecule has 1 N–H and O–H groups in total. The lowest BCUT2D eigenvalue weighted by Crippen LogP contribution is -2.59. The van der Waals surface area contributed by atoms with E-state index in [-0.39, 0.29) is 18.5 Å². The summed E-state index contributed by atoms with van der Waals surface area (Å²) in [5, 5.41) is 3.27. The third kappa shape index (κ3) is 7.62. The quantitative estimate of drug-likeness (QED) is 0.205. The van der Waals surface area contributed by atoms with Gasteiger partial charge in [0.15, 0.2) is 0 Å². The molecule has 0 saturated carbocycles. The van der Waals surface area contributed by atoms with Gasteiger partial charge >= 0.3 is 0 Å². The summed E-state index contributed by atoms with van der Waals surface area (Å²) >= 11 is 0. The summed E-state index contributed by atoms with van der Waals surface area (Å²) in [6, 6.07) is 10.1. The normalized spacial score (nSPS) is 21.5. The van der Waals surface area contributed by atoms with Crippen molar-refractivity contribution >= 4 is 16.9 Å². The van der Waals surface area contributed by atoms with Gasteiger partial charge in [-0.05, 0) is 111 Å². The summed E-state index contributed by atoms with van der Waals surface area (Å²) in [5.74, 6) is -0.875. The monoisotopic (exact) mass is 752 g/mol. The Labute approximate surface area is 329 Å². The van der Waals surface area contributed by atoms with Crippen LogP contribution in [0.2, 0.25) is 0 Å². The highest BCUT2D eigenvalue weighted by molar-refractivity contribution is 5.86. The zero-order valence-corrected chi connectivity index (χ0v) is 34.3. The summed E-state index contributed by atoms with van der Waals surface area (Å²) in [4.78, 5) is 10.5. The van der Waals surface area contributed by atoms with Crippen LogP contribution in [0.15, 0.2) is 97.3 Å². The van der Waals surface area contributed by atoms with Gasteiger partial charge in [0.05, 0.1) is 37.1 Å². The highest BCUT2D eigenvalue weighted by Crippen LogP contribution is 2.49. The Kier molecular flexibility index (Phi) is 12.0. The second-order valence-electron chi connectivity index (χ2n) is 15.8. The number of aryl methyl sites for hydroxylation is 1. The van der Waals surface area contributed by atoms with Crippen LogP contribution in [-0.2, 0) is 13.0 Å². The van der Waals surface area contributed by atoms with Gasteiger partial charge in [0, 0.05) is 63.0 Å². The van der Waals surface area contributed by atoms with Crippen LogP contribution in [0, 0.1) is 0 Å². The van der Waals surface area contributed by atoms with Gasteiger partial charge in [-0.3, -0.25) is 9.80 Å². The fraction of sp³-hybridized carbons (Fsp3) is 0.478. The molecule has 0 bridgehead atoms. The molecule has 2 atom stereocenters. The molecule has 0 spiro atoms. The molecular formula is C46H62F2N6O. The Hall–Kier alpha value is -4.34. The number of hydrogen-bond donors (Lipinski definition) is 1. The summed E-state index contributed by atoms with van der Waals surface area (Å²) in [6.45, 7) is 25.4. The van der Waals surface area contributed by atoms with Crippen LogP contribution in [0.3, 0.4) is 0 Å². The second-order valence-corrected chi connectivity index (χ2v) is 15.8. The van der Waals surface area contributed by atoms with Crippen molar-refractivity contribution in [1.29, 1.82) is 0 Å². The zero-order chi connectivity index (χ0) is 39.8. The molecule has 0 radical (unpaired) electrons. The van der Waals surface area contributed by atoms with Crippen LogP contribution < -0.4 is 19.9 Å². The molecular weight excluding hydrogens is 691 g/mol. The molecule has 2 unspecified atom stereocenters. The van der Waals surface area contributed by atoms with Gasteiger partial charge in [-0.1, -0.05) is 50.9 Å². The summed E-state index contributed by atoms with van der Waals surface area (Å²) < 4.78 is 38.4. The smallest absolute Gasteiger partial charge is 0.275 e. The predicted octanol–water partition coefficient (Wildman–Crippen LogP) is 9.28. The number of benzene rings is 2. The van der Waals surface area contributed by atoms with Crippen LogP contribution in [0.25, 0.3) is 5.57 Å². The van der Waals surface area contributed by atoms with Crippen molar-refractivity contribution in [2.24, 2.45) is 0 Å². The van der Waals surface area contributed by atoms with E-state index in [9.17, 15) is 0 Å². The van der Waals surface area contributed by atoms with E-state index in [1.165, 1.54) is 16.8 Å². The Morgan fingerprint density at radius 3 is 2.44 bits per heavy atom. The number of anilines is 2. The van der Waals surface area contributed by atoms with Crippen LogP contribution >= 0.6 is 0 Å². The van der Waals surface area contributed by atoms with E-state index in [1.54, 1.807) is 7.11 Å². The number of ether oxygens (including phenoxy) is 1. The number of likely N-dealkylation sites (N-methyl/N-ethyl adjacent to an activating group) is 2. The molecule has 2 saturated heterocycles. The molecule has 4 heterocycles. The topological polar surface area (TPSA) is 37.5 Å². The molecule has 0 amide bonds. The second kappa shape index (κ2) is 16.4. The van der Waals surface area contributed by atoms with Crippen LogP contribution in [0.4, 0.5) is 20.2 Å². The molecule has 0 aromatic heterocycles. The lowest BCUT2D eigenvalue weighted by molar-refractivity contribution is -0.132. The first-order valence-electron chi connectivity index (χ1n) is 19.9. The number of likely N-dealkylation sites (tertiary alicyclic amines) is 2. The first-order valence-corrected chi connectivity index (χ1v) is 19.9. The molecule has 2 aromatic carbocycles. The maximum absolute atomic E-state index is 16.2. The fourth-order valence-electron chi connectivity index (χ4n) is 9.32. The Bertz CT molecular complexity index is 1860. The Balaban J connectivity index is 1.14. The summed E-state index contributed by atoms with van der Waals surface area (Å²) in [6.07, 6.45) is 8.70. The minimum Gasteiger partial charge on any atom is -0.496 e. The number of nitrogens with one attached hydrogen (secondary N) is 1. The maximum Gasteiger partial charge on any atom is 0.275 e. The molecule has 296 valence electrons. The molecule has 2 aromatic rings. The minimum absolute atomic E-state index is 0.0344. The largest absolute Gasteiger partial charge is 0.496 e. The van der Waals surface area contributed by atoms with E-state index >= 15 is 8.78 Å². The van der Waals surface area contributed by atoms with Crippen molar-refractivity contribution in [3.8, 4) is 5.75 Å². The van der Waals surface area contributed by atoms with E-state index in [0.29, 0.717) is 32.6 Å². The summed E-state index contributed by atoms with van der Waals surface area (Å²) in [5.41, 5.74) is 12.2. The molecule has 9 heteroatoms. The number of methoxy groups -OCH3 is 1. The van der Waals surface area contributed by atoms with E-state index < -0.39 is 12.0 Å². The molecule has 7 nitrogen and oxygen atoms in total. The predicted molar refractivity (Wildman–Crippen MR) is 226 cm³/mol. The third-order valence-electron chi connectivity index (χ3n) is 12.8. The van der Waals surface area contributed by atoms with Crippen molar-refractivity contribution in [3.05, 3.63) is 120 Å². The lowest BCUT2D eigenvalue weighted by Gasteiger charge is -2.46. The van der Waals surface area contributed by atoms with Gasteiger partial charge in [0.1, 0.15) is 11.6 Å².